The van der Waals surface area contributed by atoms with Gasteiger partial charge in [-0.25, -0.2) is 4.79 Å². The molecule has 5 nitrogen and oxygen atoms in total. The van der Waals surface area contributed by atoms with Gasteiger partial charge in [0.25, 0.3) is 0 Å². The Balaban J connectivity index is 0.000000486. The van der Waals surface area contributed by atoms with Crippen LogP contribution in [0.3, 0.4) is 0 Å². The van der Waals surface area contributed by atoms with Gasteiger partial charge in [0.15, 0.2) is 0 Å². The zero-order chi connectivity index (χ0) is 16.6. The molecule has 8 heteroatoms. The van der Waals surface area contributed by atoms with E-state index >= 15 is 0 Å². The third-order valence-corrected chi connectivity index (χ3v) is 2.24. The molecule has 1 heterocycles. The quantitative estimate of drug-likeness (QED) is 0.906. The van der Waals surface area contributed by atoms with Crippen LogP contribution < -0.4 is 16.5 Å². The van der Waals surface area contributed by atoms with Crippen molar-refractivity contribution in [1.29, 1.82) is 0 Å². The lowest BCUT2D eigenvalue weighted by molar-refractivity contribution is -0.344. The highest BCUT2D eigenvalue weighted by molar-refractivity contribution is 5.70. The Morgan fingerprint density at radius 1 is 1.52 bits per heavy atom. The summed E-state index contributed by atoms with van der Waals surface area (Å²) in [7, 11) is 0. The van der Waals surface area contributed by atoms with Crippen molar-refractivity contribution in [2.75, 3.05) is 0 Å². The monoisotopic (exact) mass is 306 g/mol. The summed E-state index contributed by atoms with van der Waals surface area (Å²) in [5, 5.41) is 8.78. The van der Waals surface area contributed by atoms with E-state index in [9.17, 15) is 18.0 Å². The van der Waals surface area contributed by atoms with Crippen molar-refractivity contribution in [2.24, 2.45) is 5.73 Å². The molecule has 0 spiro atoms. The molecule has 0 aliphatic rings. The van der Waals surface area contributed by atoms with Gasteiger partial charge in [-0.1, -0.05) is 26.0 Å². The molecule has 0 aliphatic carbocycles. The largest absolute Gasteiger partial charge is 0.542 e. The first-order chi connectivity index (χ1) is 9.61. The van der Waals surface area contributed by atoms with Crippen LogP contribution in [0, 0.1) is 0 Å². The van der Waals surface area contributed by atoms with Gasteiger partial charge in [0.2, 0.25) is 0 Å². The Morgan fingerprint density at radius 3 is 2.43 bits per heavy atom. The van der Waals surface area contributed by atoms with Crippen LogP contribution in [0.2, 0.25) is 0 Å². The van der Waals surface area contributed by atoms with Gasteiger partial charge in [0.05, 0.1) is 6.04 Å². The maximum Gasteiger partial charge on any atom is 0.430 e. The van der Waals surface area contributed by atoms with Crippen molar-refractivity contribution in [1.82, 2.24) is 0 Å². The van der Waals surface area contributed by atoms with Crippen LogP contribution >= 0.6 is 0 Å². The minimum absolute atomic E-state index is 0.201. The molecule has 0 bridgehead atoms. The molecule has 0 saturated carbocycles. The molecule has 118 valence electrons. The fraction of sp³-hybridized carbons (Fsp3) is 0.385. The molecular formula is C13H15F3NO4-. The predicted molar refractivity (Wildman–Crippen MR) is 68.0 cm³/mol. The number of rotatable bonds is 4. The number of carboxylic acids is 1. The van der Waals surface area contributed by atoms with Gasteiger partial charge in [0, 0.05) is 6.07 Å². The van der Waals surface area contributed by atoms with E-state index in [-0.39, 0.29) is 11.7 Å². The fourth-order valence-corrected chi connectivity index (χ4v) is 1.27. The summed E-state index contributed by atoms with van der Waals surface area (Å²) in [4.78, 5) is 19.9. The zero-order valence-corrected chi connectivity index (χ0v) is 11.3. The second kappa shape index (κ2) is 8.25. The molecule has 0 unspecified atom stereocenters. The van der Waals surface area contributed by atoms with E-state index in [0.717, 1.165) is 18.4 Å². The van der Waals surface area contributed by atoms with Gasteiger partial charge in [-0.3, -0.25) is 0 Å². The molecule has 21 heavy (non-hydrogen) atoms. The summed E-state index contributed by atoms with van der Waals surface area (Å²) in [5.74, 6) is -2.47. The number of hydrogen-bond donors (Lipinski definition) is 1. The van der Waals surface area contributed by atoms with E-state index in [1.54, 1.807) is 12.1 Å². The van der Waals surface area contributed by atoms with Crippen LogP contribution in [0.5, 0.6) is 0 Å². The fourth-order valence-electron chi connectivity index (χ4n) is 1.27. The van der Waals surface area contributed by atoms with Crippen molar-refractivity contribution < 1.29 is 27.5 Å². The van der Waals surface area contributed by atoms with E-state index in [0.29, 0.717) is 5.76 Å². The first-order valence-corrected chi connectivity index (χ1v) is 5.93. The van der Waals surface area contributed by atoms with Crippen LogP contribution in [0.25, 0.3) is 6.08 Å². The highest BCUT2D eigenvalue weighted by atomic mass is 19.4. The van der Waals surface area contributed by atoms with Crippen LogP contribution in [-0.4, -0.2) is 12.1 Å². The van der Waals surface area contributed by atoms with E-state index in [4.69, 9.17) is 20.1 Å². The Kier molecular flexibility index (Phi) is 7.43. The lowest BCUT2D eigenvalue weighted by atomic mass is 10.1. The van der Waals surface area contributed by atoms with Gasteiger partial charge < -0.3 is 20.1 Å². The van der Waals surface area contributed by atoms with Crippen molar-refractivity contribution >= 4 is 12.0 Å². The molecule has 1 atom stereocenters. The van der Waals surface area contributed by atoms with Gasteiger partial charge in [-0.15, -0.1) is 0 Å². The molecule has 0 aliphatic heterocycles. The third-order valence-electron chi connectivity index (χ3n) is 2.24. The SMILES string of the molecule is C=Cc1cc([C@H](N)CCC)oc(=O)c1.O=C([O-])C(F)(F)F. The van der Waals surface area contributed by atoms with Crippen LogP contribution in [0.15, 0.2) is 27.9 Å². The number of hydrogen-bond acceptors (Lipinski definition) is 5. The van der Waals surface area contributed by atoms with Gasteiger partial charge in [-0.05, 0) is 18.1 Å². The highest BCUT2D eigenvalue weighted by Crippen LogP contribution is 2.15. The van der Waals surface area contributed by atoms with E-state index < -0.39 is 12.1 Å². The Hall–Kier alpha value is -2.09. The van der Waals surface area contributed by atoms with E-state index in [1.807, 2.05) is 6.92 Å². The average Bonchev–Trinajstić information content (AvgIpc) is 2.37. The van der Waals surface area contributed by atoms with Crippen molar-refractivity contribution in [3.8, 4) is 0 Å². The van der Waals surface area contributed by atoms with Crippen LogP contribution in [-0.2, 0) is 4.79 Å². The van der Waals surface area contributed by atoms with E-state index in [2.05, 4.69) is 6.58 Å². The van der Waals surface area contributed by atoms with Crippen molar-refractivity contribution in [2.45, 2.75) is 32.0 Å². The van der Waals surface area contributed by atoms with Gasteiger partial charge in [0.1, 0.15) is 11.7 Å². The highest BCUT2D eigenvalue weighted by Gasteiger charge is 2.28. The van der Waals surface area contributed by atoms with Crippen molar-refractivity contribution in [3.05, 3.63) is 40.5 Å². The first-order valence-electron chi connectivity index (χ1n) is 5.93. The normalized spacial score (nSPS) is 12.0. The van der Waals surface area contributed by atoms with E-state index in [1.165, 1.54) is 6.07 Å². The number of nitrogens with two attached hydrogens (primary N) is 1. The Labute approximate surface area is 118 Å². The second-order valence-electron chi connectivity index (χ2n) is 4.00. The maximum atomic E-state index is 11.1. The molecule has 0 amide bonds. The lowest BCUT2D eigenvalue weighted by Gasteiger charge is -2.08. The number of carbonyl (C=O) groups excluding carboxylic acids is 1. The smallest absolute Gasteiger partial charge is 0.430 e. The summed E-state index contributed by atoms with van der Waals surface area (Å²) in [6, 6.07) is 2.96. The average molecular weight is 306 g/mol. The topological polar surface area (TPSA) is 96.4 Å². The molecule has 0 radical (unpaired) electrons. The van der Waals surface area contributed by atoms with Crippen LogP contribution in [0.4, 0.5) is 13.2 Å². The summed E-state index contributed by atoms with van der Waals surface area (Å²) >= 11 is 0. The predicted octanol–water partition coefficient (Wildman–Crippen LogP) is 1.38. The maximum absolute atomic E-state index is 11.1. The third kappa shape index (κ3) is 7.31. The molecule has 0 fully saturated rings. The summed E-state index contributed by atoms with van der Waals surface area (Å²) in [6.45, 7) is 5.63. The minimum atomic E-state index is -5.19. The molecule has 1 aromatic heterocycles. The lowest BCUT2D eigenvalue weighted by Crippen LogP contribution is -2.37. The number of halogens is 3. The minimum Gasteiger partial charge on any atom is -0.542 e. The molecule has 0 saturated heterocycles. The molecule has 0 aromatic carbocycles. The number of carboxylic acid groups (broad SMARTS) is 1. The molecular weight excluding hydrogens is 291 g/mol. The van der Waals surface area contributed by atoms with Gasteiger partial charge in [-0.2, -0.15) is 13.2 Å². The second-order valence-corrected chi connectivity index (χ2v) is 4.00. The first kappa shape index (κ1) is 18.9. The number of carbonyl (C=O) groups is 1. The summed E-state index contributed by atoms with van der Waals surface area (Å²) < 4.78 is 36.6. The summed E-state index contributed by atoms with van der Waals surface area (Å²) in [6.07, 6.45) is -1.81. The molecule has 2 N–H and O–H groups in total. The van der Waals surface area contributed by atoms with Crippen molar-refractivity contribution in [3.63, 3.8) is 0 Å². The van der Waals surface area contributed by atoms with Gasteiger partial charge >= 0.3 is 11.8 Å². The Morgan fingerprint density at radius 2 is 2.05 bits per heavy atom. The number of alkyl halides is 3. The number of aliphatic carboxylic acids is 1. The zero-order valence-electron chi connectivity index (χ0n) is 11.3. The summed E-state index contributed by atoms with van der Waals surface area (Å²) in [5.41, 5.74) is 6.21. The molecule has 1 aromatic rings. The van der Waals surface area contributed by atoms with Crippen LogP contribution in [0.1, 0.15) is 37.1 Å². The Bertz CT molecular complexity index is 537. The molecule has 1 rings (SSSR count). The standard InChI is InChI=1S/C11H15NO2.C2HF3O2/c1-3-5-9(12)10-6-8(4-2)7-11(13)14-10;3-2(4,5)1(6)7/h4,6-7,9H,2-3,5,12H2,1H3;(H,6,7)/p-1/t9-;/m1./s1.